The van der Waals surface area contributed by atoms with E-state index in [1.54, 1.807) is 6.07 Å². The van der Waals surface area contributed by atoms with Gasteiger partial charge in [0, 0.05) is 12.1 Å². The number of anilines is 2. The second-order valence-electron chi connectivity index (χ2n) is 5.25. The zero-order valence-electron chi connectivity index (χ0n) is 13.7. The summed E-state index contributed by atoms with van der Waals surface area (Å²) in [4.78, 5) is 0. The van der Waals surface area contributed by atoms with E-state index in [9.17, 15) is 8.76 Å². The Labute approximate surface area is 161 Å². The third-order valence-electron chi connectivity index (χ3n) is 3.34. The predicted octanol–water partition coefficient (Wildman–Crippen LogP) is 4.84. The molecular formula is C17H20N2O3S3. The van der Waals surface area contributed by atoms with Crippen LogP contribution in [-0.4, -0.2) is 19.5 Å². The molecule has 134 valence electrons. The van der Waals surface area contributed by atoms with Crippen molar-refractivity contribution in [3.05, 3.63) is 48.0 Å². The lowest BCUT2D eigenvalue weighted by Crippen LogP contribution is -2.09. The topological polar surface area (TPSA) is 70.6 Å². The Kier molecular flexibility index (Phi) is 7.70. The first-order valence-electron chi connectivity index (χ1n) is 7.77. The third kappa shape index (κ3) is 6.00. The molecule has 2 aromatic rings. The van der Waals surface area contributed by atoms with Gasteiger partial charge in [-0.3, -0.25) is 9.27 Å². The highest BCUT2D eigenvalue weighted by molar-refractivity contribution is 8.11. The van der Waals surface area contributed by atoms with Crippen LogP contribution >= 0.6 is 24.8 Å². The van der Waals surface area contributed by atoms with Crippen LogP contribution in [0.5, 0.6) is 11.5 Å². The molecule has 5 nitrogen and oxygen atoms in total. The van der Waals surface area contributed by atoms with Gasteiger partial charge in [0.05, 0.1) is 15.6 Å². The lowest BCUT2D eigenvalue weighted by molar-refractivity contribution is 0.486. The summed E-state index contributed by atoms with van der Waals surface area (Å²) in [6, 6.07) is 12.7. The molecule has 0 saturated carbocycles. The lowest BCUT2D eigenvalue weighted by Gasteiger charge is -2.18. The van der Waals surface area contributed by atoms with Crippen molar-refractivity contribution >= 4 is 51.7 Å². The van der Waals surface area contributed by atoms with E-state index in [0.29, 0.717) is 32.6 Å². The molecule has 0 bridgehead atoms. The van der Waals surface area contributed by atoms with Crippen molar-refractivity contribution in [1.29, 1.82) is 0 Å². The molecule has 0 aliphatic heterocycles. The maximum Gasteiger partial charge on any atom is 0.259 e. The summed E-state index contributed by atoms with van der Waals surface area (Å²) in [5, 5.41) is 3.30. The molecule has 0 heterocycles. The highest BCUT2D eigenvalue weighted by Gasteiger charge is 2.16. The number of unbranched alkanes of at least 4 members (excludes halogenated alkanes) is 1. The number of para-hydroxylation sites is 1. The minimum Gasteiger partial charge on any atom is -0.453 e. The maximum absolute atomic E-state index is 11.3. The molecule has 1 atom stereocenters. The highest BCUT2D eigenvalue weighted by atomic mass is 32.2. The molecule has 1 unspecified atom stereocenters. The van der Waals surface area contributed by atoms with Gasteiger partial charge in [0.1, 0.15) is 5.75 Å². The smallest absolute Gasteiger partial charge is 0.259 e. The van der Waals surface area contributed by atoms with Crippen LogP contribution in [0.1, 0.15) is 25.3 Å². The monoisotopic (exact) mass is 396 g/mol. The summed E-state index contributed by atoms with van der Waals surface area (Å²) >= 11 is 7.10. The first-order valence-corrected chi connectivity index (χ1v) is 9.73. The number of ether oxygens (including phenoxy) is 1. The van der Waals surface area contributed by atoms with E-state index in [1.165, 1.54) is 0 Å². The highest BCUT2D eigenvalue weighted by Crippen LogP contribution is 2.39. The van der Waals surface area contributed by atoms with Crippen molar-refractivity contribution in [2.45, 2.75) is 19.8 Å². The minimum absolute atomic E-state index is 0.359. The average Bonchev–Trinajstić information content (AvgIpc) is 2.57. The lowest BCUT2D eigenvalue weighted by atomic mass is 10.1. The standard InChI is InChI=1S/C17H20N2O3S3/c1-2-3-9-18-14-10-12(17(23)24)11-15(19-25(20)21)16(14)22-13-7-5-4-6-8-13/h4-8,10-11,18-19H,2-3,9H2,1H3,(H,20,21)(H,23,24). The van der Waals surface area contributed by atoms with Gasteiger partial charge in [-0.05, 0) is 30.7 Å². The van der Waals surface area contributed by atoms with Crippen LogP contribution in [0.25, 0.3) is 0 Å². The van der Waals surface area contributed by atoms with Gasteiger partial charge in [0.25, 0.3) is 11.3 Å². The van der Waals surface area contributed by atoms with Gasteiger partial charge in [-0.1, -0.05) is 43.8 Å². The number of thiol groups is 1. The molecule has 0 aliphatic carbocycles. The van der Waals surface area contributed by atoms with Gasteiger partial charge < -0.3 is 10.1 Å². The summed E-state index contributed by atoms with van der Waals surface area (Å²) in [5.41, 5.74) is 1.70. The maximum atomic E-state index is 11.3. The molecule has 0 aromatic heterocycles. The number of hydrogen-bond acceptors (Lipinski definition) is 4. The molecule has 2 rings (SSSR count). The van der Waals surface area contributed by atoms with Gasteiger partial charge in [-0.25, -0.2) is 4.21 Å². The Balaban J connectivity index is 2.48. The summed E-state index contributed by atoms with van der Waals surface area (Å²) < 4.78 is 29.4. The molecule has 0 aliphatic rings. The number of nitrogens with one attached hydrogen (secondary N) is 2. The van der Waals surface area contributed by atoms with Crippen LogP contribution < -0.4 is 14.8 Å². The molecule has 25 heavy (non-hydrogen) atoms. The van der Waals surface area contributed by atoms with E-state index in [0.717, 1.165) is 19.4 Å². The van der Waals surface area contributed by atoms with Gasteiger partial charge in [-0.2, -0.15) is 0 Å². The van der Waals surface area contributed by atoms with E-state index in [2.05, 4.69) is 29.6 Å². The van der Waals surface area contributed by atoms with E-state index >= 15 is 0 Å². The Hall–Kier alpha value is -1.61. The molecule has 0 amide bonds. The van der Waals surface area contributed by atoms with Crippen LogP contribution in [0, 0.1) is 0 Å². The molecule has 3 N–H and O–H groups in total. The van der Waals surface area contributed by atoms with E-state index in [-0.39, 0.29) is 0 Å². The fraction of sp³-hybridized carbons (Fsp3) is 0.235. The van der Waals surface area contributed by atoms with Crippen molar-refractivity contribution in [3.63, 3.8) is 0 Å². The Morgan fingerprint density at radius 1 is 1.28 bits per heavy atom. The molecule has 2 aromatic carbocycles. The predicted molar refractivity (Wildman–Crippen MR) is 111 cm³/mol. The molecular weight excluding hydrogens is 376 g/mol. The fourth-order valence-electron chi connectivity index (χ4n) is 2.17. The quantitative estimate of drug-likeness (QED) is 0.211. The first kappa shape index (κ1) is 19.7. The zero-order chi connectivity index (χ0) is 18.2. The average molecular weight is 397 g/mol. The van der Waals surface area contributed by atoms with Crippen LogP contribution in [0.2, 0.25) is 0 Å². The van der Waals surface area contributed by atoms with Crippen LogP contribution in [-0.2, 0) is 11.3 Å². The van der Waals surface area contributed by atoms with Crippen LogP contribution in [0.4, 0.5) is 11.4 Å². The molecule has 0 saturated heterocycles. The Morgan fingerprint density at radius 3 is 2.56 bits per heavy atom. The van der Waals surface area contributed by atoms with Crippen molar-refractivity contribution in [1.82, 2.24) is 0 Å². The van der Waals surface area contributed by atoms with Gasteiger partial charge >= 0.3 is 0 Å². The van der Waals surface area contributed by atoms with E-state index < -0.39 is 11.3 Å². The number of thiocarbonyl (C=S) groups is 1. The Morgan fingerprint density at radius 2 is 1.96 bits per heavy atom. The molecule has 0 radical (unpaired) electrons. The molecule has 0 fully saturated rings. The summed E-state index contributed by atoms with van der Waals surface area (Å²) in [5.74, 6) is 1.05. The van der Waals surface area contributed by atoms with Gasteiger partial charge in [0.2, 0.25) is 0 Å². The van der Waals surface area contributed by atoms with Gasteiger partial charge in [-0.15, -0.1) is 12.6 Å². The van der Waals surface area contributed by atoms with E-state index in [1.807, 2.05) is 36.4 Å². The second kappa shape index (κ2) is 9.76. The van der Waals surface area contributed by atoms with Crippen molar-refractivity contribution in [3.8, 4) is 11.5 Å². The number of hydrogen-bond donors (Lipinski definition) is 4. The minimum atomic E-state index is -2.25. The Bertz CT molecular complexity index is 754. The zero-order valence-corrected chi connectivity index (χ0v) is 16.2. The normalized spacial score (nSPS) is 11.6. The van der Waals surface area contributed by atoms with Gasteiger partial charge in [0.15, 0.2) is 5.75 Å². The molecule has 0 spiro atoms. The first-order chi connectivity index (χ1) is 12.0. The largest absolute Gasteiger partial charge is 0.453 e. The van der Waals surface area contributed by atoms with Crippen molar-refractivity contribution in [2.24, 2.45) is 0 Å². The summed E-state index contributed by atoms with van der Waals surface area (Å²) in [6.07, 6.45) is 2.02. The van der Waals surface area contributed by atoms with E-state index in [4.69, 9.17) is 17.0 Å². The second-order valence-corrected chi connectivity index (χ2v) is 7.11. The number of rotatable bonds is 9. The van der Waals surface area contributed by atoms with Crippen molar-refractivity contribution in [2.75, 3.05) is 16.6 Å². The SMILES string of the molecule is CCCCNc1cc(C(=S)S)cc(NS(=O)O)c1Oc1ccccc1. The summed E-state index contributed by atoms with van der Waals surface area (Å²) in [6.45, 7) is 2.84. The van der Waals surface area contributed by atoms with Crippen LogP contribution in [0.15, 0.2) is 42.5 Å². The molecule has 8 heteroatoms. The summed E-state index contributed by atoms with van der Waals surface area (Å²) in [7, 11) is 0. The fourth-order valence-corrected chi connectivity index (χ4v) is 2.76. The number of benzene rings is 2. The third-order valence-corrected chi connectivity index (χ3v) is 4.23. The van der Waals surface area contributed by atoms with Crippen LogP contribution in [0.3, 0.4) is 0 Å². The van der Waals surface area contributed by atoms with Crippen molar-refractivity contribution < 1.29 is 13.5 Å².